The first-order chi connectivity index (χ1) is 35.9. The number of esters is 2. The number of amides is 3. The molecule has 15 heteroatoms. The van der Waals surface area contributed by atoms with Gasteiger partial charge in [0.15, 0.2) is 0 Å². The molecule has 0 spiro atoms. The van der Waals surface area contributed by atoms with Crippen LogP contribution in [-0.4, -0.2) is 68.4 Å². The van der Waals surface area contributed by atoms with Gasteiger partial charge in [0.05, 0.1) is 6.61 Å². The SMILES string of the molecule is C[C@H](NC(=O)[C@H](Cc1cc(-c2ccc(OCc3ccccc3)c(C[C@H](NC(=O)OCc3ccccc3)C(=O)OCC[Si](C)(C)C)c2)ccc1OCc1ccccc1)NC(=O)OC(C)(C)C)C(=O)OCc1ccccc1. The van der Waals surface area contributed by atoms with E-state index in [1.54, 1.807) is 26.8 Å². The van der Waals surface area contributed by atoms with E-state index >= 15 is 0 Å². The summed E-state index contributed by atoms with van der Waals surface area (Å²) in [6.07, 6.45) is -1.75. The molecule has 0 aromatic heterocycles. The molecule has 0 heterocycles. The van der Waals surface area contributed by atoms with Crippen molar-refractivity contribution in [3.8, 4) is 22.6 Å². The fourth-order valence-electron chi connectivity index (χ4n) is 7.57. The van der Waals surface area contributed by atoms with Gasteiger partial charge in [-0.15, -0.1) is 0 Å². The summed E-state index contributed by atoms with van der Waals surface area (Å²) in [6.45, 7) is 13.8. The summed E-state index contributed by atoms with van der Waals surface area (Å²) < 4.78 is 35.4. The molecular weight excluding hydrogens is 967 g/mol. The Kier molecular flexibility index (Phi) is 20.6. The highest BCUT2D eigenvalue weighted by molar-refractivity contribution is 6.76. The normalized spacial score (nSPS) is 12.5. The Morgan fingerprint density at radius 1 is 0.493 bits per heavy atom. The molecule has 0 aliphatic carbocycles. The van der Waals surface area contributed by atoms with E-state index in [1.165, 1.54) is 6.92 Å². The Morgan fingerprint density at radius 2 is 0.920 bits per heavy atom. The number of hydrogen-bond acceptors (Lipinski definition) is 11. The van der Waals surface area contributed by atoms with Crippen LogP contribution in [0.5, 0.6) is 11.5 Å². The summed E-state index contributed by atoms with van der Waals surface area (Å²) in [5.74, 6) is -1.04. The summed E-state index contributed by atoms with van der Waals surface area (Å²) in [5.41, 5.74) is 5.00. The molecule has 6 rings (SSSR count). The van der Waals surface area contributed by atoms with Crippen LogP contribution >= 0.6 is 0 Å². The van der Waals surface area contributed by atoms with Crippen LogP contribution in [0.1, 0.15) is 61.1 Å². The molecule has 0 saturated heterocycles. The van der Waals surface area contributed by atoms with E-state index in [0.29, 0.717) is 33.8 Å². The highest BCUT2D eigenvalue weighted by Gasteiger charge is 2.30. The second-order valence-corrected chi connectivity index (χ2v) is 26.0. The molecule has 0 bridgehead atoms. The molecule has 14 nitrogen and oxygen atoms in total. The summed E-state index contributed by atoms with van der Waals surface area (Å²) in [4.78, 5) is 68.3. The van der Waals surface area contributed by atoms with Crippen molar-refractivity contribution in [2.75, 3.05) is 6.61 Å². The fraction of sp³-hybridized carbons (Fsp3) is 0.317. The molecule has 0 aliphatic rings. The average Bonchev–Trinajstić information content (AvgIpc) is 3.38. The van der Waals surface area contributed by atoms with Crippen LogP contribution < -0.4 is 25.4 Å². The van der Waals surface area contributed by atoms with Crippen LogP contribution in [-0.2, 0) is 72.6 Å². The van der Waals surface area contributed by atoms with Gasteiger partial charge in [0.2, 0.25) is 5.91 Å². The molecule has 0 aliphatic heterocycles. The lowest BCUT2D eigenvalue weighted by molar-refractivity contribution is -0.148. The predicted molar refractivity (Wildman–Crippen MR) is 290 cm³/mol. The quantitative estimate of drug-likeness (QED) is 0.0299. The third kappa shape index (κ3) is 19.5. The van der Waals surface area contributed by atoms with Crippen molar-refractivity contribution < 1.29 is 52.4 Å². The summed E-state index contributed by atoms with van der Waals surface area (Å²) in [5, 5.41) is 8.24. The molecule has 0 saturated carbocycles. The number of carbonyl (C=O) groups excluding carboxylic acids is 5. The Bertz CT molecular complexity index is 2800. The number of ether oxygens (including phenoxy) is 6. The molecule has 3 N–H and O–H groups in total. The fourth-order valence-corrected chi connectivity index (χ4v) is 8.29. The molecule has 0 unspecified atom stereocenters. The van der Waals surface area contributed by atoms with Gasteiger partial charge in [0.1, 0.15) is 61.7 Å². The van der Waals surface area contributed by atoms with Gasteiger partial charge in [-0.2, -0.15) is 0 Å². The Hall–Kier alpha value is -7.91. The minimum absolute atomic E-state index is 0.00545. The highest BCUT2D eigenvalue weighted by Crippen LogP contribution is 2.33. The van der Waals surface area contributed by atoms with Crippen LogP contribution in [0, 0.1) is 0 Å². The predicted octanol–water partition coefficient (Wildman–Crippen LogP) is 10.9. The molecule has 6 aromatic rings. The van der Waals surface area contributed by atoms with Gasteiger partial charge in [-0.3, -0.25) is 4.79 Å². The maximum absolute atomic E-state index is 14.3. The van der Waals surface area contributed by atoms with Gasteiger partial charge in [-0.25, -0.2) is 19.2 Å². The number of alkyl carbamates (subject to hydrolysis) is 2. The average molecular weight is 1040 g/mol. The Labute approximate surface area is 441 Å². The summed E-state index contributed by atoms with van der Waals surface area (Å²) in [6, 6.07) is 46.0. The van der Waals surface area contributed by atoms with Gasteiger partial charge in [0, 0.05) is 20.9 Å². The zero-order chi connectivity index (χ0) is 53.8. The van der Waals surface area contributed by atoms with Crippen LogP contribution in [0.25, 0.3) is 11.1 Å². The third-order valence-corrected chi connectivity index (χ3v) is 13.3. The van der Waals surface area contributed by atoms with Crippen molar-refractivity contribution >= 4 is 38.1 Å². The lowest BCUT2D eigenvalue weighted by Gasteiger charge is -2.25. The minimum Gasteiger partial charge on any atom is -0.489 e. The standard InChI is InChI=1S/C60H69N3O11Si/c1-42(56(65)72-40-45-24-16-10-17-25-45)61-55(64)51(62-59(68)74-60(2,3)4)36-49-34-47(28-30-53(49)70-38-43-20-12-8-13-21-43)48-29-31-54(71-39-44-22-14-9-15-23-44)50(35-48)37-52(57(66)69-32-33-75(5,6)7)63-58(67)73-41-46-26-18-11-19-27-46/h8-31,34-35,42,51-52H,32-33,36-41H2,1-7H3,(H,61,64)(H,62,68)(H,63,67)/t42-,51-,52-/m0/s1. The van der Waals surface area contributed by atoms with Gasteiger partial charge in [-0.05, 0) is 103 Å². The monoisotopic (exact) mass is 1040 g/mol. The van der Waals surface area contributed by atoms with Gasteiger partial charge >= 0.3 is 24.1 Å². The zero-order valence-corrected chi connectivity index (χ0v) is 44.9. The van der Waals surface area contributed by atoms with E-state index in [-0.39, 0.29) is 45.9 Å². The van der Waals surface area contributed by atoms with Crippen molar-refractivity contribution in [3.05, 3.63) is 191 Å². The Morgan fingerprint density at radius 3 is 1.37 bits per heavy atom. The molecule has 0 radical (unpaired) electrons. The molecule has 3 atom stereocenters. The van der Waals surface area contributed by atoms with Crippen LogP contribution in [0.15, 0.2) is 158 Å². The van der Waals surface area contributed by atoms with Gasteiger partial charge < -0.3 is 44.4 Å². The summed E-state index contributed by atoms with van der Waals surface area (Å²) >= 11 is 0. The minimum atomic E-state index is -1.59. The van der Waals surface area contributed by atoms with E-state index < -0.39 is 61.8 Å². The summed E-state index contributed by atoms with van der Waals surface area (Å²) in [7, 11) is -1.59. The smallest absolute Gasteiger partial charge is 0.408 e. The number of benzene rings is 6. The van der Waals surface area contributed by atoms with Crippen molar-refractivity contribution in [3.63, 3.8) is 0 Å². The lowest BCUT2D eigenvalue weighted by atomic mass is 9.95. The Balaban J connectivity index is 1.35. The lowest BCUT2D eigenvalue weighted by Crippen LogP contribution is -2.52. The van der Waals surface area contributed by atoms with Gasteiger partial charge in [-0.1, -0.05) is 153 Å². The van der Waals surface area contributed by atoms with E-state index in [2.05, 4.69) is 35.6 Å². The van der Waals surface area contributed by atoms with Crippen molar-refractivity contribution in [1.82, 2.24) is 16.0 Å². The maximum atomic E-state index is 14.3. The topological polar surface area (TPSA) is 177 Å². The molecule has 3 amide bonds. The van der Waals surface area contributed by atoms with Crippen molar-refractivity contribution in [1.29, 1.82) is 0 Å². The van der Waals surface area contributed by atoms with Crippen LogP contribution in [0.3, 0.4) is 0 Å². The molecule has 394 valence electrons. The first-order valence-electron chi connectivity index (χ1n) is 25.1. The zero-order valence-electron chi connectivity index (χ0n) is 43.9. The number of carbonyl (C=O) groups is 5. The number of nitrogens with one attached hydrogen (secondary N) is 3. The van der Waals surface area contributed by atoms with E-state index in [9.17, 15) is 24.0 Å². The van der Waals surface area contributed by atoms with E-state index in [0.717, 1.165) is 28.3 Å². The molecular formula is C60H69N3O11Si. The molecule has 75 heavy (non-hydrogen) atoms. The number of rotatable bonds is 24. The number of hydrogen-bond donors (Lipinski definition) is 3. The van der Waals surface area contributed by atoms with Crippen LogP contribution in [0.2, 0.25) is 25.7 Å². The first kappa shape index (κ1) is 56.4. The van der Waals surface area contributed by atoms with E-state index in [4.69, 9.17) is 28.4 Å². The first-order valence-corrected chi connectivity index (χ1v) is 28.8. The van der Waals surface area contributed by atoms with Crippen LogP contribution in [0.4, 0.5) is 9.59 Å². The van der Waals surface area contributed by atoms with Crippen molar-refractivity contribution in [2.24, 2.45) is 0 Å². The molecule has 6 aromatic carbocycles. The second kappa shape index (κ2) is 27.4. The largest absolute Gasteiger partial charge is 0.489 e. The maximum Gasteiger partial charge on any atom is 0.408 e. The molecule has 0 fully saturated rings. The van der Waals surface area contributed by atoms with Crippen molar-refractivity contribution in [2.45, 2.75) is 116 Å². The van der Waals surface area contributed by atoms with Gasteiger partial charge in [0.25, 0.3) is 0 Å². The van der Waals surface area contributed by atoms with E-state index in [1.807, 2.05) is 152 Å². The second-order valence-electron chi connectivity index (χ2n) is 20.4. The third-order valence-electron chi connectivity index (χ3n) is 11.6. The highest BCUT2D eigenvalue weighted by atomic mass is 28.3.